The third-order valence-corrected chi connectivity index (χ3v) is 10.2. The number of esters is 3. The fourth-order valence-corrected chi connectivity index (χ4v) is 6.40. The quantitative estimate of drug-likeness (QED) is 0.0263. The summed E-state index contributed by atoms with van der Waals surface area (Å²) in [6.07, 6.45) is 67.9. The number of carbonyl (C=O) groups excluding carboxylic acids is 3. The van der Waals surface area contributed by atoms with Crippen LogP contribution in [0.5, 0.6) is 0 Å². The smallest absolute Gasteiger partial charge is 0.306 e. The van der Waals surface area contributed by atoms with Gasteiger partial charge in [0.2, 0.25) is 0 Å². The molecule has 356 valence electrons. The Labute approximate surface area is 387 Å². The molecule has 0 heterocycles. The minimum Gasteiger partial charge on any atom is -0.462 e. The van der Waals surface area contributed by atoms with Crippen LogP contribution < -0.4 is 0 Å². The van der Waals surface area contributed by atoms with Crippen molar-refractivity contribution in [1.82, 2.24) is 0 Å². The van der Waals surface area contributed by atoms with E-state index in [0.29, 0.717) is 19.3 Å². The Hall–Kier alpha value is -3.93. The Bertz CT molecular complexity index is 1330. The van der Waals surface area contributed by atoms with Crippen LogP contribution in [0, 0.1) is 0 Å². The SMILES string of the molecule is CC/C=C\C/C=C\C/C=C\C/C=C\CCCCCCC(=O)OC[C@H](COC(=O)CCC/C=C\C/C=C\C/C=C\C/C=C\CCCCC)OC(=O)CCCCCCC/C=C\CCCC. The number of rotatable bonds is 44. The minimum absolute atomic E-state index is 0.113. The van der Waals surface area contributed by atoms with Crippen molar-refractivity contribution in [1.29, 1.82) is 0 Å². The Morgan fingerprint density at radius 2 is 0.651 bits per heavy atom. The first-order valence-corrected chi connectivity index (χ1v) is 25.4. The third-order valence-electron chi connectivity index (χ3n) is 10.2. The summed E-state index contributed by atoms with van der Waals surface area (Å²) in [5.74, 6) is -1.01. The Morgan fingerprint density at radius 3 is 1.10 bits per heavy atom. The van der Waals surface area contributed by atoms with Gasteiger partial charge in [-0.05, 0) is 116 Å². The molecule has 6 nitrogen and oxygen atoms in total. The van der Waals surface area contributed by atoms with Crippen molar-refractivity contribution < 1.29 is 28.6 Å². The normalized spacial score (nSPS) is 13.0. The van der Waals surface area contributed by atoms with E-state index in [1.54, 1.807) is 0 Å². The second kappa shape index (κ2) is 50.7. The zero-order valence-corrected chi connectivity index (χ0v) is 40.5. The average Bonchev–Trinajstić information content (AvgIpc) is 3.28. The molecule has 6 heteroatoms. The number of allylic oxidation sites excluding steroid dienone is 18. The summed E-state index contributed by atoms with van der Waals surface area (Å²) in [6.45, 7) is 6.36. The molecule has 0 aromatic heterocycles. The Balaban J connectivity index is 4.51. The van der Waals surface area contributed by atoms with Gasteiger partial charge in [0.1, 0.15) is 13.2 Å². The number of carbonyl (C=O) groups is 3. The van der Waals surface area contributed by atoms with E-state index in [-0.39, 0.29) is 37.5 Å². The van der Waals surface area contributed by atoms with Gasteiger partial charge >= 0.3 is 17.9 Å². The fourth-order valence-electron chi connectivity index (χ4n) is 6.40. The highest BCUT2D eigenvalue weighted by Crippen LogP contribution is 2.12. The maximum atomic E-state index is 12.8. The molecule has 0 aromatic carbocycles. The molecule has 0 spiro atoms. The standard InChI is InChI=1S/C57H92O6/c1-4-7-10-13-16-19-22-24-26-28-30-32-35-37-40-43-46-49-55(58)61-52-54(63-57(60)51-48-45-42-39-34-21-18-15-12-9-6-3)53-62-56(59)50-47-44-41-38-36-33-31-29-27-25-23-20-17-14-11-8-5-2/h7,10,15-20,24-27,30-33,38,41,54H,4-6,8-9,11-14,21-23,28-29,34-37,39-40,42-53H2,1-3H3/b10-7-,18-15-,19-16-,20-17-,26-24-,27-25-,32-30-,33-31-,41-38-/t54-/m1/s1. The second-order valence-electron chi connectivity index (χ2n) is 16.3. The van der Waals surface area contributed by atoms with Crippen molar-refractivity contribution in [3.05, 3.63) is 109 Å². The molecular formula is C57H92O6. The molecule has 1 atom stereocenters. The Morgan fingerprint density at radius 1 is 0.333 bits per heavy atom. The maximum absolute atomic E-state index is 12.8. The molecule has 0 unspecified atom stereocenters. The van der Waals surface area contributed by atoms with Crippen LogP contribution in [0.1, 0.15) is 213 Å². The van der Waals surface area contributed by atoms with E-state index in [9.17, 15) is 14.4 Å². The molecule has 0 N–H and O–H groups in total. The van der Waals surface area contributed by atoms with Crippen molar-refractivity contribution in [2.45, 2.75) is 219 Å². The maximum Gasteiger partial charge on any atom is 0.306 e. The van der Waals surface area contributed by atoms with Gasteiger partial charge in [-0.3, -0.25) is 14.4 Å². The van der Waals surface area contributed by atoms with Crippen LogP contribution in [0.4, 0.5) is 0 Å². The first kappa shape index (κ1) is 59.1. The predicted octanol–water partition coefficient (Wildman–Crippen LogP) is 16.8. The molecule has 0 amide bonds. The summed E-state index contributed by atoms with van der Waals surface area (Å²) < 4.78 is 16.7. The lowest BCUT2D eigenvalue weighted by Gasteiger charge is -2.18. The molecule has 0 rings (SSSR count). The van der Waals surface area contributed by atoms with E-state index in [1.165, 1.54) is 51.4 Å². The van der Waals surface area contributed by atoms with Crippen molar-refractivity contribution in [3.8, 4) is 0 Å². The average molecular weight is 873 g/mol. The first-order chi connectivity index (χ1) is 31.0. The van der Waals surface area contributed by atoms with Crippen molar-refractivity contribution in [2.24, 2.45) is 0 Å². The lowest BCUT2D eigenvalue weighted by molar-refractivity contribution is -0.167. The molecule has 0 aromatic rings. The summed E-state index contributed by atoms with van der Waals surface area (Å²) in [6, 6.07) is 0. The summed E-state index contributed by atoms with van der Waals surface area (Å²) >= 11 is 0. The van der Waals surface area contributed by atoms with E-state index in [0.717, 1.165) is 116 Å². The van der Waals surface area contributed by atoms with Gasteiger partial charge in [-0.2, -0.15) is 0 Å². The zero-order chi connectivity index (χ0) is 45.8. The highest BCUT2D eigenvalue weighted by Gasteiger charge is 2.19. The topological polar surface area (TPSA) is 78.9 Å². The summed E-state index contributed by atoms with van der Waals surface area (Å²) in [7, 11) is 0. The molecule has 0 aliphatic rings. The highest BCUT2D eigenvalue weighted by molar-refractivity contribution is 5.71. The molecule has 0 saturated heterocycles. The molecule has 0 aliphatic heterocycles. The van der Waals surface area contributed by atoms with Crippen molar-refractivity contribution in [3.63, 3.8) is 0 Å². The van der Waals surface area contributed by atoms with Gasteiger partial charge in [-0.1, -0.05) is 188 Å². The number of hydrogen-bond acceptors (Lipinski definition) is 6. The largest absolute Gasteiger partial charge is 0.462 e. The highest BCUT2D eigenvalue weighted by atomic mass is 16.6. The predicted molar refractivity (Wildman–Crippen MR) is 270 cm³/mol. The van der Waals surface area contributed by atoms with Crippen LogP contribution >= 0.6 is 0 Å². The van der Waals surface area contributed by atoms with Gasteiger partial charge in [-0.15, -0.1) is 0 Å². The Kier molecular flexibility index (Phi) is 47.5. The van der Waals surface area contributed by atoms with Gasteiger partial charge in [-0.25, -0.2) is 0 Å². The van der Waals surface area contributed by atoms with Gasteiger partial charge in [0, 0.05) is 19.3 Å². The molecular weight excluding hydrogens is 781 g/mol. The van der Waals surface area contributed by atoms with Crippen LogP contribution in [0.2, 0.25) is 0 Å². The van der Waals surface area contributed by atoms with E-state index in [2.05, 4.69) is 130 Å². The van der Waals surface area contributed by atoms with Gasteiger partial charge < -0.3 is 14.2 Å². The van der Waals surface area contributed by atoms with E-state index < -0.39 is 6.10 Å². The van der Waals surface area contributed by atoms with Crippen LogP contribution in [0.3, 0.4) is 0 Å². The molecule has 63 heavy (non-hydrogen) atoms. The van der Waals surface area contributed by atoms with Crippen LogP contribution in [-0.4, -0.2) is 37.2 Å². The monoisotopic (exact) mass is 873 g/mol. The van der Waals surface area contributed by atoms with E-state index in [1.807, 2.05) is 0 Å². The molecule has 0 aliphatic carbocycles. The van der Waals surface area contributed by atoms with Crippen molar-refractivity contribution in [2.75, 3.05) is 13.2 Å². The number of ether oxygens (including phenoxy) is 3. The van der Waals surface area contributed by atoms with Crippen LogP contribution in [0.15, 0.2) is 109 Å². The fraction of sp³-hybridized carbons (Fsp3) is 0.632. The van der Waals surface area contributed by atoms with E-state index >= 15 is 0 Å². The zero-order valence-electron chi connectivity index (χ0n) is 40.5. The second-order valence-corrected chi connectivity index (χ2v) is 16.3. The summed E-state index contributed by atoms with van der Waals surface area (Å²) in [4.78, 5) is 37.9. The van der Waals surface area contributed by atoms with E-state index in [4.69, 9.17) is 14.2 Å². The summed E-state index contributed by atoms with van der Waals surface area (Å²) in [5, 5.41) is 0. The third kappa shape index (κ3) is 49.0. The first-order valence-electron chi connectivity index (χ1n) is 25.4. The van der Waals surface area contributed by atoms with Gasteiger partial charge in [0.15, 0.2) is 6.10 Å². The number of unbranched alkanes of at least 4 members (excludes halogenated alkanes) is 15. The molecule has 0 saturated carbocycles. The van der Waals surface area contributed by atoms with Crippen molar-refractivity contribution >= 4 is 17.9 Å². The molecule has 0 bridgehead atoms. The van der Waals surface area contributed by atoms with Gasteiger partial charge in [0.05, 0.1) is 0 Å². The summed E-state index contributed by atoms with van der Waals surface area (Å²) in [5.41, 5.74) is 0. The van der Waals surface area contributed by atoms with Crippen LogP contribution in [0.25, 0.3) is 0 Å². The lowest BCUT2D eigenvalue weighted by Crippen LogP contribution is -2.30. The molecule has 0 fully saturated rings. The van der Waals surface area contributed by atoms with Crippen LogP contribution in [-0.2, 0) is 28.6 Å². The van der Waals surface area contributed by atoms with Gasteiger partial charge in [0.25, 0.3) is 0 Å². The number of hydrogen-bond donors (Lipinski definition) is 0. The minimum atomic E-state index is -0.815. The lowest BCUT2D eigenvalue weighted by atomic mass is 10.1. The molecule has 0 radical (unpaired) electrons.